The third kappa shape index (κ3) is 2.82. The van der Waals surface area contributed by atoms with Gasteiger partial charge in [-0.3, -0.25) is 19.0 Å². The second kappa shape index (κ2) is 6.65. The number of nitrogens with two attached hydrogens (primary N) is 1. The van der Waals surface area contributed by atoms with Crippen molar-refractivity contribution in [2.45, 2.75) is 34.2 Å². The van der Waals surface area contributed by atoms with Gasteiger partial charge in [0.05, 0.1) is 22.2 Å². The highest BCUT2D eigenvalue weighted by atomic mass is 32.1. The minimum atomic E-state index is -0.581. The Kier molecular flexibility index (Phi) is 4.68. The predicted octanol–water partition coefficient (Wildman–Crippen LogP) is 2.82. The smallest absolute Gasteiger partial charge is 0.266 e. The molecule has 0 saturated carbocycles. The Bertz CT molecular complexity index is 1110. The number of carbonyl (C=O) groups excluding carboxylic acids is 2. The van der Waals surface area contributed by atoms with Gasteiger partial charge in [-0.2, -0.15) is 0 Å². The number of carbonyl (C=O) groups is 2. The fourth-order valence-corrected chi connectivity index (χ4v) is 4.87. The molecule has 0 aliphatic carbocycles. The molecule has 2 amide bonds. The Morgan fingerprint density at radius 2 is 1.92 bits per heavy atom. The summed E-state index contributed by atoms with van der Waals surface area (Å²) >= 11 is 2.47. The molecule has 3 aromatic rings. The first-order valence-electron chi connectivity index (χ1n) is 7.95. The van der Waals surface area contributed by atoms with Crippen molar-refractivity contribution < 1.29 is 9.59 Å². The first kappa shape index (κ1) is 18.3. The number of amides is 2. The van der Waals surface area contributed by atoms with Crippen molar-refractivity contribution in [3.8, 4) is 0 Å². The summed E-state index contributed by atoms with van der Waals surface area (Å²) < 4.78 is 1.50. The lowest BCUT2D eigenvalue weighted by molar-refractivity contribution is 0.100. The van der Waals surface area contributed by atoms with E-state index in [0.717, 1.165) is 21.8 Å². The Hall–Kier alpha value is -2.52. The van der Waals surface area contributed by atoms with E-state index in [1.54, 1.807) is 13.8 Å². The van der Waals surface area contributed by atoms with E-state index in [1.807, 2.05) is 13.8 Å². The average Bonchev–Trinajstić information content (AvgIpc) is 3.05. The number of nitrogens with one attached hydrogen (secondary N) is 1. The van der Waals surface area contributed by atoms with Crippen LogP contribution >= 0.6 is 22.7 Å². The van der Waals surface area contributed by atoms with Gasteiger partial charge in [0.25, 0.3) is 17.4 Å². The molecular weight excluding hydrogens is 372 g/mol. The van der Waals surface area contributed by atoms with E-state index in [9.17, 15) is 14.4 Å². The van der Waals surface area contributed by atoms with Crippen LogP contribution in [0, 0.1) is 20.8 Å². The second-order valence-corrected chi connectivity index (χ2v) is 8.10. The number of aryl methyl sites for hydroxylation is 3. The van der Waals surface area contributed by atoms with Crippen LogP contribution in [0.2, 0.25) is 0 Å². The van der Waals surface area contributed by atoms with Crippen molar-refractivity contribution in [2.24, 2.45) is 5.73 Å². The Morgan fingerprint density at radius 3 is 2.54 bits per heavy atom. The van der Waals surface area contributed by atoms with Crippen LogP contribution in [-0.2, 0) is 6.54 Å². The molecule has 7 nitrogen and oxygen atoms in total. The fraction of sp³-hybridized carbons (Fsp3) is 0.294. The van der Waals surface area contributed by atoms with Crippen LogP contribution in [0.15, 0.2) is 11.1 Å². The zero-order valence-electron chi connectivity index (χ0n) is 14.8. The number of anilines is 1. The summed E-state index contributed by atoms with van der Waals surface area (Å²) in [4.78, 5) is 43.1. The lowest BCUT2D eigenvalue weighted by Gasteiger charge is -2.04. The van der Waals surface area contributed by atoms with Crippen molar-refractivity contribution in [2.75, 3.05) is 5.32 Å². The first-order valence-corrected chi connectivity index (χ1v) is 9.59. The molecule has 0 atom stereocenters. The quantitative estimate of drug-likeness (QED) is 0.714. The monoisotopic (exact) mass is 390 g/mol. The molecule has 136 valence electrons. The molecule has 0 aliphatic heterocycles. The van der Waals surface area contributed by atoms with Crippen LogP contribution in [-0.4, -0.2) is 21.4 Å². The minimum absolute atomic E-state index is 0.161. The summed E-state index contributed by atoms with van der Waals surface area (Å²) in [7, 11) is 0. The third-order valence-electron chi connectivity index (χ3n) is 4.32. The topological polar surface area (TPSA) is 107 Å². The number of aromatic nitrogens is 2. The SMILES string of the molecule is CCn1cnc2sc(C(=O)Nc3sc(C)c(C)c3C(N)=O)c(C)c2c1=O. The van der Waals surface area contributed by atoms with E-state index >= 15 is 0 Å². The van der Waals surface area contributed by atoms with E-state index in [0.29, 0.717) is 37.8 Å². The van der Waals surface area contributed by atoms with Crippen molar-refractivity contribution in [3.63, 3.8) is 0 Å². The third-order valence-corrected chi connectivity index (χ3v) is 6.64. The molecule has 26 heavy (non-hydrogen) atoms. The van der Waals surface area contributed by atoms with Gasteiger partial charge in [0, 0.05) is 11.4 Å². The summed E-state index contributed by atoms with van der Waals surface area (Å²) in [6.07, 6.45) is 1.49. The summed E-state index contributed by atoms with van der Waals surface area (Å²) in [6, 6.07) is 0. The van der Waals surface area contributed by atoms with Gasteiger partial charge in [-0.05, 0) is 38.8 Å². The minimum Gasteiger partial charge on any atom is -0.365 e. The number of thiophene rings is 2. The molecule has 0 aliphatic rings. The molecule has 0 unspecified atom stereocenters. The molecule has 3 N–H and O–H groups in total. The van der Waals surface area contributed by atoms with Crippen LogP contribution < -0.4 is 16.6 Å². The van der Waals surface area contributed by atoms with E-state index in [4.69, 9.17) is 5.73 Å². The van der Waals surface area contributed by atoms with Crippen LogP contribution in [0.5, 0.6) is 0 Å². The summed E-state index contributed by atoms with van der Waals surface area (Å²) in [5, 5.41) is 3.65. The molecule has 3 rings (SSSR count). The maximum absolute atomic E-state index is 12.8. The maximum Gasteiger partial charge on any atom is 0.266 e. The standard InChI is InChI=1S/C17H18N4O3S2/c1-5-21-6-19-15-11(17(21)24)8(3)12(26-15)14(23)20-16-10(13(18)22)7(2)9(4)25-16/h6H,5H2,1-4H3,(H2,18,22)(H,20,23). The van der Waals surface area contributed by atoms with Crippen molar-refractivity contribution in [3.05, 3.63) is 43.1 Å². The average molecular weight is 390 g/mol. The van der Waals surface area contributed by atoms with E-state index < -0.39 is 5.91 Å². The van der Waals surface area contributed by atoms with Crippen molar-refractivity contribution in [1.29, 1.82) is 0 Å². The zero-order valence-corrected chi connectivity index (χ0v) is 16.4. The number of nitrogens with zero attached hydrogens (tertiary/aromatic N) is 2. The Labute approximate surface area is 157 Å². The van der Waals surface area contributed by atoms with Gasteiger partial charge in [0.1, 0.15) is 9.83 Å². The van der Waals surface area contributed by atoms with Gasteiger partial charge in [-0.1, -0.05) is 0 Å². The van der Waals surface area contributed by atoms with Crippen LogP contribution in [0.1, 0.15) is 43.0 Å². The summed E-state index contributed by atoms with van der Waals surface area (Å²) in [5.41, 5.74) is 6.97. The van der Waals surface area contributed by atoms with Crippen LogP contribution in [0.25, 0.3) is 10.2 Å². The van der Waals surface area contributed by atoms with Crippen LogP contribution in [0.3, 0.4) is 0 Å². The molecular formula is C17H18N4O3S2. The Balaban J connectivity index is 2.06. The molecule has 0 bridgehead atoms. The zero-order chi connectivity index (χ0) is 19.2. The highest BCUT2D eigenvalue weighted by molar-refractivity contribution is 7.21. The van der Waals surface area contributed by atoms with Gasteiger partial charge in [-0.25, -0.2) is 4.98 Å². The lowest BCUT2D eigenvalue weighted by atomic mass is 10.1. The van der Waals surface area contributed by atoms with E-state index in [-0.39, 0.29) is 11.5 Å². The molecule has 9 heteroatoms. The fourth-order valence-electron chi connectivity index (χ4n) is 2.77. The molecule has 0 spiro atoms. The van der Waals surface area contributed by atoms with Crippen molar-refractivity contribution in [1.82, 2.24) is 9.55 Å². The second-order valence-electron chi connectivity index (χ2n) is 5.88. The van der Waals surface area contributed by atoms with E-state index in [2.05, 4.69) is 10.3 Å². The van der Waals surface area contributed by atoms with Gasteiger partial charge in [0.2, 0.25) is 0 Å². The van der Waals surface area contributed by atoms with Gasteiger partial charge < -0.3 is 11.1 Å². The number of hydrogen-bond acceptors (Lipinski definition) is 6. The molecule has 3 aromatic heterocycles. The number of fused-ring (bicyclic) bond motifs is 1. The number of rotatable bonds is 4. The number of hydrogen-bond donors (Lipinski definition) is 2. The van der Waals surface area contributed by atoms with Crippen molar-refractivity contribution >= 4 is 49.7 Å². The molecule has 3 heterocycles. The largest absolute Gasteiger partial charge is 0.365 e. The van der Waals surface area contributed by atoms with Gasteiger partial charge >= 0.3 is 0 Å². The number of primary amides is 1. The Morgan fingerprint density at radius 1 is 1.23 bits per heavy atom. The first-order chi connectivity index (χ1) is 12.3. The molecule has 0 saturated heterocycles. The lowest BCUT2D eigenvalue weighted by Crippen LogP contribution is -2.20. The summed E-state index contributed by atoms with van der Waals surface area (Å²) in [6.45, 7) is 7.76. The molecule has 0 radical (unpaired) electrons. The highest BCUT2D eigenvalue weighted by Gasteiger charge is 2.23. The normalized spacial score (nSPS) is 11.1. The highest BCUT2D eigenvalue weighted by Crippen LogP contribution is 2.34. The van der Waals surface area contributed by atoms with E-state index in [1.165, 1.54) is 22.2 Å². The van der Waals surface area contributed by atoms with Crippen LogP contribution in [0.4, 0.5) is 5.00 Å². The van der Waals surface area contributed by atoms with Gasteiger partial charge in [-0.15, -0.1) is 22.7 Å². The predicted molar refractivity (Wildman–Crippen MR) is 105 cm³/mol. The maximum atomic E-state index is 12.8. The molecule has 0 aromatic carbocycles. The van der Waals surface area contributed by atoms with Gasteiger partial charge in [0.15, 0.2) is 0 Å². The molecule has 0 fully saturated rings. The summed E-state index contributed by atoms with van der Waals surface area (Å²) in [5.74, 6) is -0.959.